The molecule has 0 aliphatic carbocycles. The van der Waals surface area contributed by atoms with Gasteiger partial charge in [0.1, 0.15) is 11.6 Å². The van der Waals surface area contributed by atoms with E-state index in [0.29, 0.717) is 24.7 Å². The Hall–Kier alpha value is -2.60. The van der Waals surface area contributed by atoms with Crippen LogP contribution in [0.5, 0.6) is 5.75 Å². The van der Waals surface area contributed by atoms with E-state index in [0.717, 1.165) is 24.5 Å². The SMILES string of the molecule is Cc1cccc(O[C@@H](C)C(=O)Nc2ccc(N3CCOCC3)nc2)c1. The summed E-state index contributed by atoms with van der Waals surface area (Å²) in [5, 5.41) is 2.84. The van der Waals surface area contributed by atoms with Crippen molar-refractivity contribution in [1.29, 1.82) is 0 Å². The molecule has 0 unspecified atom stereocenters. The first-order chi connectivity index (χ1) is 12.1. The predicted molar refractivity (Wildman–Crippen MR) is 97.2 cm³/mol. The number of ether oxygens (including phenoxy) is 2. The Kier molecular flexibility index (Phi) is 5.50. The number of rotatable bonds is 5. The molecule has 6 nitrogen and oxygen atoms in total. The number of morpholine rings is 1. The van der Waals surface area contributed by atoms with Gasteiger partial charge in [-0.3, -0.25) is 4.79 Å². The van der Waals surface area contributed by atoms with Crippen molar-refractivity contribution in [2.45, 2.75) is 20.0 Å². The second kappa shape index (κ2) is 7.98. The highest BCUT2D eigenvalue weighted by atomic mass is 16.5. The summed E-state index contributed by atoms with van der Waals surface area (Å²) in [6.45, 7) is 6.81. The van der Waals surface area contributed by atoms with E-state index in [-0.39, 0.29) is 5.91 Å². The molecule has 0 saturated carbocycles. The lowest BCUT2D eigenvalue weighted by Gasteiger charge is -2.27. The first-order valence-corrected chi connectivity index (χ1v) is 8.45. The zero-order valence-corrected chi connectivity index (χ0v) is 14.6. The van der Waals surface area contributed by atoms with Crippen LogP contribution in [-0.2, 0) is 9.53 Å². The molecule has 25 heavy (non-hydrogen) atoms. The Bertz CT molecular complexity index is 712. The summed E-state index contributed by atoms with van der Waals surface area (Å²) < 4.78 is 11.0. The van der Waals surface area contributed by atoms with Crippen molar-refractivity contribution in [1.82, 2.24) is 4.98 Å². The fraction of sp³-hybridized carbons (Fsp3) is 0.368. The van der Waals surface area contributed by atoms with Crippen molar-refractivity contribution in [3.8, 4) is 5.75 Å². The minimum absolute atomic E-state index is 0.206. The number of benzene rings is 1. The molecular weight excluding hydrogens is 318 g/mol. The molecule has 6 heteroatoms. The topological polar surface area (TPSA) is 63.7 Å². The van der Waals surface area contributed by atoms with Gasteiger partial charge in [0, 0.05) is 13.1 Å². The number of amides is 1. The third kappa shape index (κ3) is 4.70. The first kappa shape index (κ1) is 17.2. The summed E-state index contributed by atoms with van der Waals surface area (Å²) >= 11 is 0. The molecule has 3 rings (SSSR count). The molecule has 2 heterocycles. The van der Waals surface area contributed by atoms with Gasteiger partial charge in [0.15, 0.2) is 6.10 Å². The van der Waals surface area contributed by atoms with Gasteiger partial charge in [0.2, 0.25) is 0 Å². The minimum atomic E-state index is -0.597. The molecule has 0 bridgehead atoms. The molecule has 0 spiro atoms. The zero-order chi connectivity index (χ0) is 17.6. The molecule has 1 atom stereocenters. The number of hydrogen-bond donors (Lipinski definition) is 1. The van der Waals surface area contributed by atoms with Crippen LogP contribution < -0.4 is 15.0 Å². The van der Waals surface area contributed by atoms with Gasteiger partial charge in [0.25, 0.3) is 5.91 Å². The molecule has 1 aromatic carbocycles. The molecule has 132 valence electrons. The minimum Gasteiger partial charge on any atom is -0.481 e. The monoisotopic (exact) mass is 341 g/mol. The molecule has 1 aliphatic rings. The Labute approximate surface area is 147 Å². The molecule has 1 aliphatic heterocycles. The third-order valence-electron chi connectivity index (χ3n) is 4.02. The fourth-order valence-corrected chi connectivity index (χ4v) is 2.63. The number of nitrogens with one attached hydrogen (secondary N) is 1. The standard InChI is InChI=1S/C19H23N3O3/c1-14-4-3-5-17(12-14)25-15(2)19(23)21-16-6-7-18(20-13-16)22-8-10-24-11-9-22/h3-7,12-13,15H,8-11H2,1-2H3,(H,21,23)/t15-/m0/s1. The third-order valence-corrected chi connectivity index (χ3v) is 4.02. The maximum atomic E-state index is 12.3. The maximum Gasteiger partial charge on any atom is 0.265 e. The van der Waals surface area contributed by atoms with Crippen molar-refractivity contribution >= 4 is 17.4 Å². The molecule has 1 aromatic heterocycles. The Morgan fingerprint density at radius 1 is 1.28 bits per heavy atom. The summed E-state index contributed by atoms with van der Waals surface area (Å²) in [5.74, 6) is 1.37. The van der Waals surface area contributed by atoms with Gasteiger partial charge in [-0.05, 0) is 43.7 Å². The Morgan fingerprint density at radius 2 is 2.08 bits per heavy atom. The number of hydrogen-bond acceptors (Lipinski definition) is 5. The lowest BCUT2D eigenvalue weighted by molar-refractivity contribution is -0.122. The van der Waals surface area contributed by atoms with Gasteiger partial charge in [0.05, 0.1) is 25.1 Å². The van der Waals surface area contributed by atoms with Gasteiger partial charge >= 0.3 is 0 Å². The van der Waals surface area contributed by atoms with E-state index in [9.17, 15) is 4.79 Å². The van der Waals surface area contributed by atoms with E-state index in [2.05, 4.69) is 15.2 Å². The molecule has 1 amide bonds. The van der Waals surface area contributed by atoms with E-state index >= 15 is 0 Å². The van der Waals surface area contributed by atoms with Gasteiger partial charge in [-0.25, -0.2) is 4.98 Å². The van der Waals surface area contributed by atoms with Crippen molar-refractivity contribution < 1.29 is 14.3 Å². The van der Waals surface area contributed by atoms with Crippen molar-refractivity contribution in [3.63, 3.8) is 0 Å². The van der Waals surface area contributed by atoms with Crippen LogP contribution in [-0.4, -0.2) is 43.3 Å². The molecule has 1 N–H and O–H groups in total. The summed E-state index contributed by atoms with van der Waals surface area (Å²) in [5.41, 5.74) is 1.75. The van der Waals surface area contributed by atoms with E-state index in [1.165, 1.54) is 0 Å². The fourth-order valence-electron chi connectivity index (χ4n) is 2.63. The number of carbonyl (C=O) groups is 1. The van der Waals surface area contributed by atoms with Crippen molar-refractivity contribution in [3.05, 3.63) is 48.2 Å². The van der Waals surface area contributed by atoms with Crippen LogP contribution in [0.15, 0.2) is 42.6 Å². The summed E-state index contributed by atoms with van der Waals surface area (Å²) in [6.07, 6.45) is 1.07. The lowest BCUT2D eigenvalue weighted by atomic mass is 10.2. The Morgan fingerprint density at radius 3 is 2.76 bits per heavy atom. The quantitative estimate of drug-likeness (QED) is 0.906. The van der Waals surface area contributed by atoms with Gasteiger partial charge < -0.3 is 19.7 Å². The zero-order valence-electron chi connectivity index (χ0n) is 14.6. The number of aromatic nitrogens is 1. The number of pyridine rings is 1. The van der Waals surface area contributed by atoms with Gasteiger partial charge in [-0.2, -0.15) is 0 Å². The van der Waals surface area contributed by atoms with Crippen LogP contribution in [0.1, 0.15) is 12.5 Å². The summed E-state index contributed by atoms with van der Waals surface area (Å²) in [7, 11) is 0. The van der Waals surface area contributed by atoms with Gasteiger partial charge in [-0.1, -0.05) is 12.1 Å². The lowest BCUT2D eigenvalue weighted by Crippen LogP contribution is -2.36. The molecular formula is C19H23N3O3. The number of carbonyl (C=O) groups excluding carboxylic acids is 1. The second-order valence-electron chi connectivity index (χ2n) is 6.07. The number of aryl methyl sites for hydroxylation is 1. The smallest absolute Gasteiger partial charge is 0.265 e. The largest absolute Gasteiger partial charge is 0.481 e. The van der Waals surface area contributed by atoms with Crippen LogP contribution in [0.25, 0.3) is 0 Å². The van der Waals surface area contributed by atoms with E-state index in [1.54, 1.807) is 13.1 Å². The molecule has 1 fully saturated rings. The second-order valence-corrected chi connectivity index (χ2v) is 6.07. The average Bonchev–Trinajstić information content (AvgIpc) is 2.63. The van der Waals surface area contributed by atoms with Crippen molar-refractivity contribution in [2.24, 2.45) is 0 Å². The van der Waals surface area contributed by atoms with Gasteiger partial charge in [-0.15, -0.1) is 0 Å². The predicted octanol–water partition coefficient (Wildman–Crippen LogP) is 2.63. The number of nitrogens with zero attached hydrogens (tertiary/aromatic N) is 2. The normalized spacial score (nSPS) is 15.5. The highest BCUT2D eigenvalue weighted by molar-refractivity contribution is 5.94. The van der Waals surface area contributed by atoms with Crippen LogP contribution in [0.2, 0.25) is 0 Å². The van der Waals surface area contributed by atoms with Crippen LogP contribution in [0.3, 0.4) is 0 Å². The van der Waals surface area contributed by atoms with E-state index in [4.69, 9.17) is 9.47 Å². The van der Waals surface area contributed by atoms with Crippen LogP contribution in [0.4, 0.5) is 11.5 Å². The first-order valence-electron chi connectivity index (χ1n) is 8.45. The number of anilines is 2. The van der Waals surface area contributed by atoms with Crippen molar-refractivity contribution in [2.75, 3.05) is 36.5 Å². The molecule has 2 aromatic rings. The van der Waals surface area contributed by atoms with Crippen LogP contribution >= 0.6 is 0 Å². The average molecular weight is 341 g/mol. The Balaban J connectivity index is 1.56. The summed E-state index contributed by atoms with van der Waals surface area (Å²) in [4.78, 5) is 18.9. The molecule has 1 saturated heterocycles. The maximum absolute atomic E-state index is 12.3. The highest BCUT2D eigenvalue weighted by Gasteiger charge is 2.16. The summed E-state index contributed by atoms with van der Waals surface area (Å²) in [6, 6.07) is 11.4. The van der Waals surface area contributed by atoms with Crippen LogP contribution in [0, 0.1) is 6.92 Å². The molecule has 0 radical (unpaired) electrons. The highest BCUT2D eigenvalue weighted by Crippen LogP contribution is 2.17. The van der Waals surface area contributed by atoms with E-state index < -0.39 is 6.10 Å². The van der Waals surface area contributed by atoms with E-state index in [1.807, 2.05) is 43.3 Å².